The zero-order valence-electron chi connectivity index (χ0n) is 9.95. The van der Waals surface area contributed by atoms with Crippen LogP contribution in [0.4, 0.5) is 0 Å². The summed E-state index contributed by atoms with van der Waals surface area (Å²) >= 11 is 0. The van der Waals surface area contributed by atoms with Crippen molar-refractivity contribution < 1.29 is 9.47 Å². The van der Waals surface area contributed by atoms with Gasteiger partial charge >= 0.3 is 0 Å². The SMILES string of the molecule is CCC1CN(CC(N)CCOC)CCO1. The molecule has 2 N–H and O–H groups in total. The van der Waals surface area contributed by atoms with E-state index in [1.54, 1.807) is 7.11 Å². The lowest BCUT2D eigenvalue weighted by Crippen LogP contribution is -2.47. The van der Waals surface area contributed by atoms with Gasteiger partial charge in [0, 0.05) is 39.4 Å². The van der Waals surface area contributed by atoms with Gasteiger partial charge in [-0.2, -0.15) is 0 Å². The summed E-state index contributed by atoms with van der Waals surface area (Å²) < 4.78 is 10.6. The van der Waals surface area contributed by atoms with E-state index in [1.807, 2.05) is 0 Å². The van der Waals surface area contributed by atoms with Gasteiger partial charge in [0.25, 0.3) is 0 Å². The maximum absolute atomic E-state index is 6.02. The summed E-state index contributed by atoms with van der Waals surface area (Å²) in [7, 11) is 1.72. The number of ether oxygens (including phenoxy) is 2. The fourth-order valence-electron chi connectivity index (χ4n) is 1.89. The highest BCUT2D eigenvalue weighted by molar-refractivity contribution is 4.74. The highest BCUT2D eigenvalue weighted by Crippen LogP contribution is 2.08. The first-order valence-corrected chi connectivity index (χ1v) is 5.84. The Balaban J connectivity index is 2.19. The molecule has 15 heavy (non-hydrogen) atoms. The van der Waals surface area contributed by atoms with Gasteiger partial charge in [-0.15, -0.1) is 0 Å². The second-order valence-corrected chi connectivity index (χ2v) is 4.20. The van der Waals surface area contributed by atoms with Crippen molar-refractivity contribution in [2.75, 3.05) is 40.0 Å². The second kappa shape index (κ2) is 7.17. The topological polar surface area (TPSA) is 47.7 Å². The predicted octanol–water partition coefficient (Wildman–Crippen LogP) is 0.461. The summed E-state index contributed by atoms with van der Waals surface area (Å²) in [6.07, 6.45) is 2.42. The molecule has 1 saturated heterocycles. The molecule has 2 atom stereocenters. The molecule has 2 unspecified atom stereocenters. The van der Waals surface area contributed by atoms with E-state index < -0.39 is 0 Å². The van der Waals surface area contributed by atoms with Crippen LogP contribution in [0, 0.1) is 0 Å². The van der Waals surface area contributed by atoms with E-state index >= 15 is 0 Å². The first-order chi connectivity index (χ1) is 7.26. The van der Waals surface area contributed by atoms with Gasteiger partial charge in [0.2, 0.25) is 0 Å². The maximum atomic E-state index is 6.02. The van der Waals surface area contributed by atoms with Gasteiger partial charge in [0.15, 0.2) is 0 Å². The molecule has 0 saturated carbocycles. The van der Waals surface area contributed by atoms with E-state index in [0.29, 0.717) is 6.10 Å². The average Bonchev–Trinajstić information content (AvgIpc) is 2.26. The van der Waals surface area contributed by atoms with Crippen molar-refractivity contribution in [1.82, 2.24) is 4.90 Å². The number of hydrogen-bond acceptors (Lipinski definition) is 4. The lowest BCUT2D eigenvalue weighted by molar-refractivity contribution is -0.0317. The predicted molar refractivity (Wildman–Crippen MR) is 60.9 cm³/mol. The second-order valence-electron chi connectivity index (χ2n) is 4.20. The van der Waals surface area contributed by atoms with Crippen LogP contribution in [-0.4, -0.2) is 57.0 Å². The zero-order chi connectivity index (χ0) is 11.1. The minimum atomic E-state index is 0.223. The van der Waals surface area contributed by atoms with E-state index in [1.165, 1.54) is 0 Å². The van der Waals surface area contributed by atoms with Crippen molar-refractivity contribution in [1.29, 1.82) is 0 Å². The van der Waals surface area contributed by atoms with Crippen LogP contribution in [-0.2, 0) is 9.47 Å². The molecule has 0 aliphatic carbocycles. The molecule has 4 nitrogen and oxygen atoms in total. The minimum Gasteiger partial charge on any atom is -0.385 e. The smallest absolute Gasteiger partial charge is 0.0700 e. The van der Waals surface area contributed by atoms with Crippen LogP contribution in [0.5, 0.6) is 0 Å². The molecule has 90 valence electrons. The molecule has 4 heteroatoms. The number of hydrogen-bond donors (Lipinski definition) is 1. The van der Waals surface area contributed by atoms with Crippen LogP contribution in [0.2, 0.25) is 0 Å². The Morgan fingerprint density at radius 3 is 3.07 bits per heavy atom. The molecule has 0 aromatic heterocycles. The summed E-state index contributed by atoms with van der Waals surface area (Å²) in [5.41, 5.74) is 6.02. The largest absolute Gasteiger partial charge is 0.385 e. The van der Waals surface area contributed by atoms with Crippen LogP contribution in [0.15, 0.2) is 0 Å². The van der Waals surface area contributed by atoms with Crippen LogP contribution >= 0.6 is 0 Å². The lowest BCUT2D eigenvalue weighted by atomic mass is 10.1. The normalized spacial score (nSPS) is 25.4. The van der Waals surface area contributed by atoms with E-state index in [0.717, 1.165) is 45.7 Å². The summed E-state index contributed by atoms with van der Waals surface area (Å²) in [5.74, 6) is 0. The first kappa shape index (κ1) is 12.9. The fraction of sp³-hybridized carbons (Fsp3) is 1.00. The average molecular weight is 216 g/mol. The number of methoxy groups -OCH3 is 1. The third-order valence-corrected chi connectivity index (χ3v) is 2.86. The van der Waals surface area contributed by atoms with Crippen molar-refractivity contribution in [3.8, 4) is 0 Å². The Morgan fingerprint density at radius 1 is 1.60 bits per heavy atom. The van der Waals surface area contributed by atoms with E-state index in [2.05, 4.69) is 11.8 Å². The molecule has 0 amide bonds. The maximum Gasteiger partial charge on any atom is 0.0700 e. The van der Waals surface area contributed by atoms with Crippen molar-refractivity contribution in [3.63, 3.8) is 0 Å². The minimum absolute atomic E-state index is 0.223. The molecule has 0 spiro atoms. The van der Waals surface area contributed by atoms with Crippen molar-refractivity contribution in [2.45, 2.75) is 31.9 Å². The third kappa shape index (κ3) is 4.93. The van der Waals surface area contributed by atoms with Crippen LogP contribution in [0.3, 0.4) is 0 Å². The molecule has 1 aliphatic heterocycles. The number of morpholine rings is 1. The van der Waals surface area contributed by atoms with E-state index in [4.69, 9.17) is 15.2 Å². The molecule has 0 bridgehead atoms. The number of rotatable bonds is 6. The van der Waals surface area contributed by atoms with Crippen molar-refractivity contribution >= 4 is 0 Å². The fourth-order valence-corrected chi connectivity index (χ4v) is 1.89. The van der Waals surface area contributed by atoms with Crippen LogP contribution < -0.4 is 5.73 Å². The summed E-state index contributed by atoms with van der Waals surface area (Å²) in [6, 6.07) is 0.223. The Labute approximate surface area is 92.7 Å². The Bertz CT molecular complexity index is 167. The molecule has 0 radical (unpaired) electrons. The molecule has 1 heterocycles. The molecular weight excluding hydrogens is 192 g/mol. The number of nitrogens with zero attached hydrogens (tertiary/aromatic N) is 1. The Morgan fingerprint density at radius 2 is 2.40 bits per heavy atom. The molecule has 0 aromatic rings. The van der Waals surface area contributed by atoms with Gasteiger partial charge in [0.05, 0.1) is 12.7 Å². The molecule has 1 aliphatic rings. The Kier molecular flexibility index (Phi) is 6.17. The first-order valence-electron chi connectivity index (χ1n) is 5.84. The summed E-state index contributed by atoms with van der Waals surface area (Å²) in [6.45, 7) is 6.76. The van der Waals surface area contributed by atoms with Gasteiger partial charge < -0.3 is 15.2 Å². The summed E-state index contributed by atoms with van der Waals surface area (Å²) in [4.78, 5) is 2.40. The van der Waals surface area contributed by atoms with E-state index in [-0.39, 0.29) is 6.04 Å². The van der Waals surface area contributed by atoms with Gasteiger partial charge in [-0.3, -0.25) is 4.90 Å². The van der Waals surface area contributed by atoms with Crippen LogP contribution in [0.25, 0.3) is 0 Å². The Hall–Kier alpha value is -0.160. The summed E-state index contributed by atoms with van der Waals surface area (Å²) in [5, 5.41) is 0. The van der Waals surface area contributed by atoms with Gasteiger partial charge in [-0.1, -0.05) is 6.92 Å². The highest BCUT2D eigenvalue weighted by atomic mass is 16.5. The monoisotopic (exact) mass is 216 g/mol. The molecular formula is C11H24N2O2. The third-order valence-electron chi connectivity index (χ3n) is 2.86. The van der Waals surface area contributed by atoms with Crippen molar-refractivity contribution in [3.05, 3.63) is 0 Å². The zero-order valence-corrected chi connectivity index (χ0v) is 9.95. The van der Waals surface area contributed by atoms with Crippen molar-refractivity contribution in [2.24, 2.45) is 5.73 Å². The standard InChI is InChI=1S/C11H24N2O2/c1-3-11-9-13(5-7-15-11)8-10(12)4-6-14-2/h10-11H,3-9,12H2,1-2H3. The quantitative estimate of drug-likeness (QED) is 0.701. The number of nitrogens with two attached hydrogens (primary N) is 1. The molecule has 1 rings (SSSR count). The molecule has 1 fully saturated rings. The lowest BCUT2D eigenvalue weighted by Gasteiger charge is -2.33. The van der Waals surface area contributed by atoms with Gasteiger partial charge in [0.1, 0.15) is 0 Å². The van der Waals surface area contributed by atoms with E-state index in [9.17, 15) is 0 Å². The highest BCUT2D eigenvalue weighted by Gasteiger charge is 2.20. The van der Waals surface area contributed by atoms with Gasteiger partial charge in [-0.25, -0.2) is 0 Å². The van der Waals surface area contributed by atoms with Crippen LogP contribution in [0.1, 0.15) is 19.8 Å². The molecule has 0 aromatic carbocycles. The van der Waals surface area contributed by atoms with Gasteiger partial charge in [-0.05, 0) is 12.8 Å².